The van der Waals surface area contributed by atoms with Crippen LogP contribution in [0.5, 0.6) is 11.5 Å². The molecule has 0 amide bonds. The van der Waals surface area contributed by atoms with Gasteiger partial charge in [-0.15, -0.1) is 0 Å². The summed E-state index contributed by atoms with van der Waals surface area (Å²) < 4.78 is 34.2. The van der Waals surface area contributed by atoms with Gasteiger partial charge in [0.15, 0.2) is 0 Å². The number of allylic oxidation sites excluding steroid dienone is 2. The Hall–Kier alpha value is -3.82. The Morgan fingerprint density at radius 1 is 0.884 bits per heavy atom. The lowest BCUT2D eigenvalue weighted by atomic mass is 9.95. The number of aliphatic carboxylic acids is 1. The average molecular weight is 607 g/mol. The summed E-state index contributed by atoms with van der Waals surface area (Å²) in [5.41, 5.74) is 4.49. The molecule has 1 atom stereocenters. The number of piperazine rings is 1. The highest BCUT2D eigenvalue weighted by Gasteiger charge is 2.18. The highest BCUT2D eigenvalue weighted by molar-refractivity contribution is 7.90. The Balaban J connectivity index is 1.18. The molecule has 0 saturated carbocycles. The van der Waals surface area contributed by atoms with Crippen molar-refractivity contribution in [3.63, 3.8) is 0 Å². The molecule has 0 unspecified atom stereocenters. The van der Waals surface area contributed by atoms with E-state index in [0.717, 1.165) is 55.3 Å². The number of carboxylic acids is 1. The summed E-state index contributed by atoms with van der Waals surface area (Å²) in [6.07, 6.45) is 5.60. The Bertz CT molecular complexity index is 1430. The minimum atomic E-state index is -2.95. The van der Waals surface area contributed by atoms with Crippen molar-refractivity contribution in [2.45, 2.75) is 38.8 Å². The predicted molar refractivity (Wildman–Crippen MR) is 171 cm³/mol. The molecule has 1 aliphatic heterocycles. The summed E-state index contributed by atoms with van der Waals surface area (Å²) in [5, 5.41) is 9.17. The normalized spacial score (nSPS) is 15.0. The van der Waals surface area contributed by atoms with E-state index in [2.05, 4.69) is 46.2 Å². The fraction of sp³-hybridized carbons (Fsp3) is 0.382. The third-order valence-electron chi connectivity index (χ3n) is 7.46. The molecular formula is C34H42N2O6S. The number of benzene rings is 3. The lowest BCUT2D eigenvalue weighted by Gasteiger charge is -2.36. The van der Waals surface area contributed by atoms with Crippen LogP contribution in [0.3, 0.4) is 0 Å². The number of nitrogens with zero attached hydrogens (tertiary/aromatic N) is 2. The van der Waals surface area contributed by atoms with Crippen molar-refractivity contribution in [2.24, 2.45) is 0 Å². The fourth-order valence-corrected chi connectivity index (χ4v) is 5.77. The van der Waals surface area contributed by atoms with Gasteiger partial charge in [0.05, 0.1) is 18.8 Å². The maximum atomic E-state index is 11.2. The minimum absolute atomic E-state index is 0.0647. The molecule has 3 aromatic rings. The van der Waals surface area contributed by atoms with Gasteiger partial charge in [0.1, 0.15) is 27.9 Å². The van der Waals surface area contributed by atoms with Gasteiger partial charge in [0.2, 0.25) is 0 Å². The van der Waals surface area contributed by atoms with Crippen molar-refractivity contribution >= 4 is 21.5 Å². The smallest absolute Gasteiger partial charge is 0.304 e. The number of sulfone groups is 1. The number of hydrogen-bond acceptors (Lipinski definition) is 7. The van der Waals surface area contributed by atoms with Gasteiger partial charge in [-0.25, -0.2) is 8.42 Å². The van der Waals surface area contributed by atoms with E-state index < -0.39 is 15.8 Å². The molecule has 0 aliphatic carbocycles. The summed E-state index contributed by atoms with van der Waals surface area (Å²) in [7, 11) is -2.95. The number of anilines is 1. The molecule has 1 saturated heterocycles. The summed E-state index contributed by atoms with van der Waals surface area (Å²) in [4.78, 5) is 16.0. The van der Waals surface area contributed by atoms with Crippen LogP contribution in [0.2, 0.25) is 0 Å². The molecule has 3 aromatic carbocycles. The first kappa shape index (κ1) is 32.1. The van der Waals surface area contributed by atoms with Crippen LogP contribution in [0.1, 0.15) is 42.4 Å². The molecule has 0 spiro atoms. The quantitative estimate of drug-likeness (QED) is 0.178. The molecule has 0 aromatic heterocycles. The molecule has 4 rings (SSSR count). The molecule has 1 aliphatic rings. The van der Waals surface area contributed by atoms with Crippen molar-refractivity contribution in [1.29, 1.82) is 0 Å². The van der Waals surface area contributed by atoms with Gasteiger partial charge in [0, 0.05) is 50.6 Å². The highest BCUT2D eigenvalue weighted by Crippen LogP contribution is 2.25. The van der Waals surface area contributed by atoms with Crippen molar-refractivity contribution in [1.82, 2.24) is 4.90 Å². The van der Waals surface area contributed by atoms with E-state index in [4.69, 9.17) is 9.47 Å². The minimum Gasteiger partial charge on any atom is -0.494 e. The third kappa shape index (κ3) is 10.8. The predicted octanol–water partition coefficient (Wildman–Crippen LogP) is 5.54. The second-order valence-electron chi connectivity index (χ2n) is 11.0. The molecule has 0 bridgehead atoms. The van der Waals surface area contributed by atoms with E-state index in [1.807, 2.05) is 55.5 Å². The first-order valence-corrected chi connectivity index (χ1v) is 16.8. The topological polar surface area (TPSA) is 96.4 Å². The van der Waals surface area contributed by atoms with Gasteiger partial charge in [-0.3, -0.25) is 9.69 Å². The Kier molecular flexibility index (Phi) is 11.6. The molecular weight excluding hydrogens is 564 g/mol. The zero-order valence-electron chi connectivity index (χ0n) is 25.0. The van der Waals surface area contributed by atoms with E-state index in [9.17, 15) is 18.3 Å². The van der Waals surface area contributed by atoms with Gasteiger partial charge < -0.3 is 19.5 Å². The Labute approximate surface area is 255 Å². The number of ether oxygens (including phenoxy) is 2. The van der Waals surface area contributed by atoms with Crippen molar-refractivity contribution in [2.75, 3.05) is 49.7 Å². The average Bonchev–Trinajstić information content (AvgIpc) is 2.99. The van der Waals surface area contributed by atoms with Crippen molar-refractivity contribution in [3.8, 4) is 11.5 Å². The van der Waals surface area contributed by atoms with E-state index in [0.29, 0.717) is 19.6 Å². The largest absolute Gasteiger partial charge is 0.494 e. The second kappa shape index (κ2) is 15.6. The second-order valence-corrected chi connectivity index (χ2v) is 13.3. The van der Waals surface area contributed by atoms with E-state index in [1.54, 1.807) is 0 Å². The molecule has 230 valence electrons. The van der Waals surface area contributed by atoms with Crippen LogP contribution >= 0.6 is 0 Å². The molecule has 1 fully saturated rings. The first-order valence-electron chi connectivity index (χ1n) is 14.7. The van der Waals surface area contributed by atoms with Crippen LogP contribution in [-0.4, -0.2) is 69.2 Å². The van der Waals surface area contributed by atoms with Gasteiger partial charge in [-0.2, -0.15) is 0 Å². The number of rotatable bonds is 15. The maximum absolute atomic E-state index is 11.2. The molecule has 8 nitrogen and oxygen atoms in total. The van der Waals surface area contributed by atoms with Gasteiger partial charge in [0.25, 0.3) is 0 Å². The van der Waals surface area contributed by atoms with Crippen LogP contribution in [0, 0.1) is 0 Å². The number of carboxylic acid groups (broad SMARTS) is 1. The summed E-state index contributed by atoms with van der Waals surface area (Å²) in [6, 6.07) is 24.2. The monoisotopic (exact) mass is 606 g/mol. The zero-order chi connectivity index (χ0) is 30.7. The Morgan fingerprint density at radius 2 is 1.49 bits per heavy atom. The van der Waals surface area contributed by atoms with Gasteiger partial charge in [-0.05, 0) is 66.4 Å². The van der Waals surface area contributed by atoms with Crippen molar-refractivity contribution < 1.29 is 27.8 Å². The zero-order valence-corrected chi connectivity index (χ0v) is 25.8. The SMILES string of the molecule is CC=C[C@H](CC(=O)O)c1ccc(OCc2ccc(CN3CCN(c4ccc(OCCCS(C)(=O)=O)cc4)CC3)cc2)cc1. The van der Waals surface area contributed by atoms with Crippen LogP contribution in [0.25, 0.3) is 0 Å². The molecule has 1 N–H and O–H groups in total. The van der Waals surface area contributed by atoms with E-state index >= 15 is 0 Å². The van der Waals surface area contributed by atoms with E-state index in [1.165, 1.54) is 17.5 Å². The third-order valence-corrected chi connectivity index (χ3v) is 8.49. The van der Waals surface area contributed by atoms with Gasteiger partial charge >= 0.3 is 5.97 Å². The lowest BCUT2D eigenvalue weighted by Crippen LogP contribution is -2.45. The van der Waals surface area contributed by atoms with Crippen LogP contribution in [0.15, 0.2) is 84.9 Å². The van der Waals surface area contributed by atoms with Crippen LogP contribution in [-0.2, 0) is 27.8 Å². The summed E-state index contributed by atoms with van der Waals surface area (Å²) in [5.74, 6) is 0.693. The fourth-order valence-electron chi connectivity index (χ4n) is 5.12. The molecule has 0 radical (unpaired) electrons. The first-order chi connectivity index (χ1) is 20.7. The summed E-state index contributed by atoms with van der Waals surface area (Å²) >= 11 is 0. The number of carbonyl (C=O) groups is 1. The lowest BCUT2D eigenvalue weighted by molar-refractivity contribution is -0.137. The molecule has 43 heavy (non-hydrogen) atoms. The summed E-state index contributed by atoms with van der Waals surface area (Å²) in [6.45, 7) is 7.51. The van der Waals surface area contributed by atoms with E-state index in [-0.39, 0.29) is 18.1 Å². The standard InChI is InChI=1S/C34H42N2O6S/c1-3-5-30(24-34(37)38)29-10-14-33(15-11-29)42-26-28-8-6-27(7-9-28)25-35-18-20-36(21-19-35)31-12-16-32(17-13-31)41-22-4-23-43(2,39)40/h3,5-17,30H,4,18-26H2,1-2H3,(H,37,38)/t30-/m1/s1. The van der Waals surface area contributed by atoms with Gasteiger partial charge in [-0.1, -0.05) is 48.6 Å². The molecule has 9 heteroatoms. The maximum Gasteiger partial charge on any atom is 0.304 e. The van der Waals surface area contributed by atoms with Crippen LogP contribution in [0.4, 0.5) is 5.69 Å². The van der Waals surface area contributed by atoms with Crippen molar-refractivity contribution in [3.05, 3.63) is 102 Å². The highest BCUT2D eigenvalue weighted by atomic mass is 32.2. The molecule has 1 heterocycles. The Morgan fingerprint density at radius 3 is 2.09 bits per heavy atom. The van der Waals surface area contributed by atoms with Crippen LogP contribution < -0.4 is 14.4 Å². The number of hydrogen-bond donors (Lipinski definition) is 1.